The molecule has 1 saturated carbocycles. The molecule has 1 aromatic carbocycles. The lowest BCUT2D eigenvalue weighted by Crippen LogP contribution is -2.28. The third kappa shape index (κ3) is 4.37. The van der Waals surface area contributed by atoms with Crippen molar-refractivity contribution in [2.45, 2.75) is 53.4 Å². The topological polar surface area (TPSA) is 12.0 Å². The van der Waals surface area contributed by atoms with Crippen LogP contribution in [0.1, 0.15) is 52.0 Å². The molecular weight excluding hydrogens is 357 g/mol. The normalized spacial score (nSPS) is 23.6. The quantitative estimate of drug-likeness (QED) is 0.643. The van der Waals surface area contributed by atoms with Gasteiger partial charge >= 0.3 is 0 Å². The van der Waals surface area contributed by atoms with Gasteiger partial charge in [-0.05, 0) is 90.1 Å². The summed E-state index contributed by atoms with van der Waals surface area (Å²) in [7, 11) is 0. The molecule has 0 unspecified atom stereocenters. The van der Waals surface area contributed by atoms with Crippen LogP contribution in [-0.4, -0.2) is 6.54 Å². The van der Waals surface area contributed by atoms with Gasteiger partial charge in [0.2, 0.25) is 0 Å². The molecule has 1 N–H and O–H groups in total. The zero-order valence-corrected chi connectivity index (χ0v) is 15.5. The molecule has 0 aromatic heterocycles. The molecule has 0 heterocycles. The van der Waals surface area contributed by atoms with Gasteiger partial charge in [0.25, 0.3) is 0 Å². The van der Waals surface area contributed by atoms with Crippen molar-refractivity contribution in [1.82, 2.24) is 0 Å². The highest BCUT2D eigenvalue weighted by atomic mass is 127. The lowest BCUT2D eigenvalue weighted by molar-refractivity contribution is 0.153. The van der Waals surface area contributed by atoms with Crippen LogP contribution in [0.25, 0.3) is 0 Å². The molecule has 0 atom stereocenters. The van der Waals surface area contributed by atoms with E-state index in [9.17, 15) is 0 Å². The number of aryl methyl sites for hydroxylation is 1. The molecule has 0 spiro atoms. The zero-order chi connectivity index (χ0) is 14.8. The van der Waals surface area contributed by atoms with Gasteiger partial charge in [-0.25, -0.2) is 0 Å². The second-order valence-electron chi connectivity index (χ2n) is 7.43. The average molecular weight is 385 g/mol. The summed E-state index contributed by atoms with van der Waals surface area (Å²) in [5.74, 6) is 1.77. The molecule has 1 aromatic rings. The van der Waals surface area contributed by atoms with E-state index in [1.165, 1.54) is 40.5 Å². The number of rotatable bonds is 3. The van der Waals surface area contributed by atoms with Crippen molar-refractivity contribution >= 4 is 28.3 Å². The van der Waals surface area contributed by atoms with Crippen molar-refractivity contribution in [2.24, 2.45) is 17.3 Å². The minimum Gasteiger partial charge on any atom is -0.385 e. The number of anilines is 1. The Bertz CT molecular complexity index is 439. The summed E-state index contributed by atoms with van der Waals surface area (Å²) in [5, 5.41) is 3.63. The number of nitrogens with one attached hydrogen (secondary N) is 1. The fourth-order valence-electron chi connectivity index (χ4n) is 3.20. The molecule has 1 aliphatic carbocycles. The summed E-state index contributed by atoms with van der Waals surface area (Å²) in [6.07, 6.45) is 5.58. The van der Waals surface area contributed by atoms with Gasteiger partial charge in [0.15, 0.2) is 0 Å². The molecule has 0 amide bonds. The average Bonchev–Trinajstić information content (AvgIpc) is 2.40. The summed E-state index contributed by atoms with van der Waals surface area (Å²) in [4.78, 5) is 0. The minimum absolute atomic E-state index is 0.492. The molecule has 112 valence electrons. The van der Waals surface area contributed by atoms with E-state index in [0.29, 0.717) is 5.41 Å². The van der Waals surface area contributed by atoms with Gasteiger partial charge in [0, 0.05) is 15.8 Å². The zero-order valence-electron chi connectivity index (χ0n) is 13.3. The molecule has 0 radical (unpaired) electrons. The largest absolute Gasteiger partial charge is 0.385 e. The molecule has 2 rings (SSSR count). The van der Waals surface area contributed by atoms with Crippen molar-refractivity contribution in [3.63, 3.8) is 0 Å². The van der Waals surface area contributed by atoms with Gasteiger partial charge in [0.1, 0.15) is 0 Å². The highest BCUT2D eigenvalue weighted by Crippen LogP contribution is 2.39. The van der Waals surface area contributed by atoms with Crippen LogP contribution in [0.4, 0.5) is 5.69 Å². The van der Waals surface area contributed by atoms with Gasteiger partial charge < -0.3 is 5.32 Å². The summed E-state index contributed by atoms with van der Waals surface area (Å²) >= 11 is 2.42. The van der Waals surface area contributed by atoms with E-state index in [1.807, 2.05) is 0 Å². The van der Waals surface area contributed by atoms with Crippen molar-refractivity contribution in [3.05, 3.63) is 27.3 Å². The van der Waals surface area contributed by atoms with Gasteiger partial charge in [-0.1, -0.05) is 26.8 Å². The van der Waals surface area contributed by atoms with E-state index in [1.54, 1.807) is 0 Å². The maximum absolute atomic E-state index is 3.63. The highest BCUT2D eigenvalue weighted by Gasteiger charge is 2.29. The van der Waals surface area contributed by atoms with Gasteiger partial charge in [-0.15, -0.1) is 0 Å². The maximum atomic E-state index is 3.63. The van der Waals surface area contributed by atoms with E-state index >= 15 is 0 Å². The summed E-state index contributed by atoms with van der Waals surface area (Å²) in [5.41, 5.74) is 3.13. The molecule has 1 nitrogen and oxygen atoms in total. The van der Waals surface area contributed by atoms with E-state index in [-0.39, 0.29) is 0 Å². The minimum atomic E-state index is 0.492. The molecule has 0 aliphatic heterocycles. The van der Waals surface area contributed by atoms with Gasteiger partial charge in [0.05, 0.1) is 0 Å². The van der Waals surface area contributed by atoms with Crippen LogP contribution < -0.4 is 5.32 Å². The first kappa shape index (κ1) is 16.1. The molecular formula is C18H28IN. The van der Waals surface area contributed by atoms with Crippen LogP contribution >= 0.6 is 22.6 Å². The van der Waals surface area contributed by atoms with Crippen molar-refractivity contribution in [2.75, 3.05) is 11.9 Å². The molecule has 20 heavy (non-hydrogen) atoms. The van der Waals surface area contributed by atoms with Gasteiger partial charge in [-0.2, -0.15) is 0 Å². The number of halogens is 1. The first-order chi connectivity index (χ1) is 9.36. The van der Waals surface area contributed by atoms with Crippen molar-refractivity contribution < 1.29 is 0 Å². The van der Waals surface area contributed by atoms with Crippen LogP contribution in [0.3, 0.4) is 0 Å². The summed E-state index contributed by atoms with van der Waals surface area (Å²) in [6.45, 7) is 10.5. The molecule has 1 fully saturated rings. The number of hydrogen-bond donors (Lipinski definition) is 1. The second kappa shape index (κ2) is 6.67. The van der Waals surface area contributed by atoms with E-state index < -0.39 is 0 Å². The summed E-state index contributed by atoms with van der Waals surface area (Å²) in [6, 6.07) is 6.68. The second-order valence-corrected chi connectivity index (χ2v) is 8.59. The Morgan fingerprint density at radius 2 is 1.80 bits per heavy atom. The third-order valence-electron chi connectivity index (χ3n) is 4.84. The first-order valence-corrected chi connectivity index (χ1v) is 8.94. The molecule has 0 saturated heterocycles. The fourth-order valence-corrected chi connectivity index (χ4v) is 3.71. The standard InChI is InChI=1S/C18H28IN/c1-13-5-10-16(11-17(13)19)20-12-14-6-8-15(9-7-14)18(2,3)4/h5,10-11,14-15,20H,6-9,12H2,1-4H3. The molecule has 0 bridgehead atoms. The fraction of sp³-hybridized carbons (Fsp3) is 0.667. The van der Waals surface area contributed by atoms with Crippen LogP contribution in [0.15, 0.2) is 18.2 Å². The van der Waals surface area contributed by atoms with Crippen LogP contribution in [-0.2, 0) is 0 Å². The maximum Gasteiger partial charge on any atom is 0.0351 e. The summed E-state index contributed by atoms with van der Waals surface area (Å²) < 4.78 is 1.35. The Kier molecular flexibility index (Phi) is 5.38. The van der Waals surface area contributed by atoms with Crippen LogP contribution in [0.5, 0.6) is 0 Å². The van der Waals surface area contributed by atoms with E-state index in [2.05, 4.69) is 73.8 Å². The van der Waals surface area contributed by atoms with Gasteiger partial charge in [-0.3, -0.25) is 0 Å². The highest BCUT2D eigenvalue weighted by molar-refractivity contribution is 14.1. The predicted octanol–water partition coefficient (Wildman–Crippen LogP) is 5.86. The van der Waals surface area contributed by atoms with Crippen LogP contribution in [0, 0.1) is 27.7 Å². The van der Waals surface area contributed by atoms with Crippen LogP contribution in [0.2, 0.25) is 0 Å². The van der Waals surface area contributed by atoms with Crippen molar-refractivity contribution in [1.29, 1.82) is 0 Å². The monoisotopic (exact) mass is 385 g/mol. The first-order valence-electron chi connectivity index (χ1n) is 7.86. The Hall–Kier alpha value is -0.250. The van der Waals surface area contributed by atoms with Crippen molar-refractivity contribution in [3.8, 4) is 0 Å². The predicted molar refractivity (Wildman–Crippen MR) is 97.3 cm³/mol. The lowest BCUT2D eigenvalue weighted by atomic mass is 9.70. The van der Waals surface area contributed by atoms with E-state index in [4.69, 9.17) is 0 Å². The Morgan fingerprint density at radius 3 is 2.35 bits per heavy atom. The number of hydrogen-bond acceptors (Lipinski definition) is 1. The van der Waals surface area contributed by atoms with E-state index in [0.717, 1.165) is 18.4 Å². The Labute approximate surface area is 138 Å². The number of benzene rings is 1. The third-order valence-corrected chi connectivity index (χ3v) is 6.00. The lowest BCUT2D eigenvalue weighted by Gasteiger charge is -2.37. The smallest absolute Gasteiger partial charge is 0.0351 e. The molecule has 2 heteroatoms. The Morgan fingerprint density at radius 1 is 1.15 bits per heavy atom. The Balaban J connectivity index is 1.80. The SMILES string of the molecule is Cc1ccc(NCC2CCC(C(C)(C)C)CC2)cc1I. The molecule has 1 aliphatic rings.